The van der Waals surface area contributed by atoms with Crippen molar-refractivity contribution in [3.8, 4) is 5.75 Å². The third-order valence-corrected chi connectivity index (χ3v) is 5.20. The molecule has 1 N–H and O–H groups in total. The zero-order chi connectivity index (χ0) is 16.2. The molecule has 0 aromatic heterocycles. The van der Waals surface area contributed by atoms with E-state index in [1.807, 2.05) is 44.2 Å². The first-order valence-electron chi connectivity index (χ1n) is 6.84. The molecule has 2 aromatic rings. The van der Waals surface area contributed by atoms with E-state index in [2.05, 4.69) is 20.7 Å². The van der Waals surface area contributed by atoms with Gasteiger partial charge in [0, 0.05) is 11.0 Å². The molecule has 118 valence electrons. The summed E-state index contributed by atoms with van der Waals surface area (Å²) in [7, 11) is -3.50. The van der Waals surface area contributed by atoms with Crippen molar-refractivity contribution in [3.63, 3.8) is 0 Å². The van der Waals surface area contributed by atoms with Crippen molar-refractivity contribution in [2.75, 3.05) is 13.2 Å². The highest BCUT2D eigenvalue weighted by Gasteiger charge is 2.13. The number of benzene rings is 2. The Morgan fingerprint density at radius 2 is 1.86 bits per heavy atom. The van der Waals surface area contributed by atoms with Gasteiger partial charge in [-0.05, 0) is 55.3 Å². The maximum absolute atomic E-state index is 12.2. The van der Waals surface area contributed by atoms with E-state index in [9.17, 15) is 8.42 Å². The van der Waals surface area contributed by atoms with Gasteiger partial charge in [0.15, 0.2) is 0 Å². The summed E-state index contributed by atoms with van der Waals surface area (Å²) in [6.07, 6.45) is 0. The lowest BCUT2D eigenvalue weighted by Gasteiger charge is -2.10. The van der Waals surface area contributed by atoms with Gasteiger partial charge in [-0.25, -0.2) is 13.1 Å². The van der Waals surface area contributed by atoms with Gasteiger partial charge < -0.3 is 4.74 Å². The summed E-state index contributed by atoms with van der Waals surface area (Å²) in [5, 5.41) is 0. The van der Waals surface area contributed by atoms with Crippen molar-refractivity contribution in [1.29, 1.82) is 0 Å². The largest absolute Gasteiger partial charge is 0.492 e. The van der Waals surface area contributed by atoms with Gasteiger partial charge in [-0.2, -0.15) is 0 Å². The van der Waals surface area contributed by atoms with Crippen molar-refractivity contribution in [1.82, 2.24) is 4.72 Å². The molecule has 6 heteroatoms. The number of halogens is 1. The smallest absolute Gasteiger partial charge is 0.240 e. The molecule has 0 spiro atoms. The van der Waals surface area contributed by atoms with Gasteiger partial charge in [0.1, 0.15) is 12.4 Å². The number of rotatable bonds is 6. The predicted octanol–water partition coefficient (Wildman–Crippen LogP) is 3.42. The summed E-state index contributed by atoms with van der Waals surface area (Å²) in [6.45, 7) is 4.32. The van der Waals surface area contributed by atoms with E-state index >= 15 is 0 Å². The minimum atomic E-state index is -3.50. The topological polar surface area (TPSA) is 55.4 Å². The van der Waals surface area contributed by atoms with E-state index in [0.29, 0.717) is 5.75 Å². The first kappa shape index (κ1) is 17.0. The zero-order valence-corrected chi connectivity index (χ0v) is 14.9. The lowest BCUT2D eigenvalue weighted by Crippen LogP contribution is -2.28. The summed E-state index contributed by atoms with van der Waals surface area (Å²) in [5.41, 5.74) is 2.02. The van der Waals surface area contributed by atoms with Crippen LogP contribution in [0.25, 0.3) is 0 Å². The lowest BCUT2D eigenvalue weighted by molar-refractivity contribution is 0.322. The Bertz CT molecular complexity index is 760. The summed E-state index contributed by atoms with van der Waals surface area (Å²) >= 11 is 3.35. The monoisotopic (exact) mass is 383 g/mol. The molecular formula is C16H18BrNO3S. The molecule has 0 radical (unpaired) electrons. The van der Waals surface area contributed by atoms with Crippen LogP contribution in [0, 0.1) is 13.8 Å². The van der Waals surface area contributed by atoms with Crippen molar-refractivity contribution >= 4 is 26.0 Å². The van der Waals surface area contributed by atoms with Crippen molar-refractivity contribution in [2.24, 2.45) is 0 Å². The highest BCUT2D eigenvalue weighted by atomic mass is 79.9. The van der Waals surface area contributed by atoms with Crippen LogP contribution in [0.2, 0.25) is 0 Å². The van der Waals surface area contributed by atoms with E-state index in [-0.39, 0.29) is 18.0 Å². The molecule has 0 fully saturated rings. The minimum Gasteiger partial charge on any atom is -0.492 e. The second kappa shape index (κ2) is 7.26. The quantitative estimate of drug-likeness (QED) is 0.777. The SMILES string of the molecule is Cc1ccc(S(=O)(=O)NCCOc2cccc(Br)c2)cc1C. The van der Waals surface area contributed by atoms with Crippen LogP contribution >= 0.6 is 15.9 Å². The highest BCUT2D eigenvalue weighted by Crippen LogP contribution is 2.17. The van der Waals surface area contributed by atoms with Crippen LogP contribution in [0.5, 0.6) is 5.75 Å². The Hall–Kier alpha value is -1.37. The Morgan fingerprint density at radius 3 is 2.55 bits per heavy atom. The number of hydrogen-bond acceptors (Lipinski definition) is 3. The Morgan fingerprint density at radius 1 is 1.09 bits per heavy atom. The molecule has 0 bridgehead atoms. The Balaban J connectivity index is 1.91. The molecule has 0 aliphatic carbocycles. The van der Waals surface area contributed by atoms with Crippen LogP contribution in [-0.4, -0.2) is 21.6 Å². The number of aryl methyl sites for hydroxylation is 2. The van der Waals surface area contributed by atoms with Crippen molar-refractivity contribution in [2.45, 2.75) is 18.7 Å². The maximum Gasteiger partial charge on any atom is 0.240 e. The van der Waals surface area contributed by atoms with Crippen LogP contribution in [0.15, 0.2) is 51.8 Å². The molecule has 0 aliphatic rings. The number of nitrogens with one attached hydrogen (secondary N) is 1. The van der Waals surface area contributed by atoms with Crippen LogP contribution in [0.3, 0.4) is 0 Å². The van der Waals surface area contributed by atoms with Gasteiger partial charge in [-0.1, -0.05) is 28.1 Å². The van der Waals surface area contributed by atoms with Gasteiger partial charge in [-0.3, -0.25) is 0 Å². The van der Waals surface area contributed by atoms with Crippen molar-refractivity contribution in [3.05, 3.63) is 58.1 Å². The molecule has 0 heterocycles. The Labute approximate surface area is 139 Å². The third kappa shape index (κ3) is 4.56. The van der Waals surface area contributed by atoms with E-state index < -0.39 is 10.0 Å². The molecule has 0 amide bonds. The van der Waals surface area contributed by atoms with Crippen LogP contribution < -0.4 is 9.46 Å². The summed E-state index contributed by atoms with van der Waals surface area (Å²) in [6, 6.07) is 12.5. The molecule has 2 rings (SSSR count). The van der Waals surface area contributed by atoms with Gasteiger partial charge in [0.2, 0.25) is 10.0 Å². The molecule has 0 saturated heterocycles. The standard InChI is InChI=1S/C16H18BrNO3S/c1-12-6-7-16(10-13(12)2)22(19,20)18-8-9-21-15-5-3-4-14(17)11-15/h3-7,10-11,18H,8-9H2,1-2H3. The predicted molar refractivity (Wildman–Crippen MR) is 90.7 cm³/mol. The highest BCUT2D eigenvalue weighted by molar-refractivity contribution is 9.10. The number of sulfonamides is 1. The van der Waals surface area contributed by atoms with E-state index in [4.69, 9.17) is 4.74 Å². The van der Waals surface area contributed by atoms with Crippen LogP contribution in [-0.2, 0) is 10.0 Å². The molecular weight excluding hydrogens is 366 g/mol. The van der Waals surface area contributed by atoms with Crippen LogP contribution in [0.4, 0.5) is 0 Å². The average molecular weight is 384 g/mol. The second-order valence-electron chi connectivity index (χ2n) is 4.95. The molecule has 2 aromatic carbocycles. The van der Waals surface area contributed by atoms with Gasteiger partial charge in [-0.15, -0.1) is 0 Å². The first-order valence-corrected chi connectivity index (χ1v) is 9.11. The summed E-state index contributed by atoms with van der Waals surface area (Å²) in [4.78, 5) is 0.276. The maximum atomic E-state index is 12.2. The van der Waals surface area contributed by atoms with E-state index in [0.717, 1.165) is 15.6 Å². The lowest BCUT2D eigenvalue weighted by atomic mass is 10.1. The van der Waals surface area contributed by atoms with Crippen LogP contribution in [0.1, 0.15) is 11.1 Å². The minimum absolute atomic E-state index is 0.210. The summed E-state index contributed by atoms with van der Waals surface area (Å²) < 4.78 is 33.3. The zero-order valence-electron chi connectivity index (χ0n) is 12.5. The molecule has 0 aliphatic heterocycles. The molecule has 4 nitrogen and oxygen atoms in total. The second-order valence-corrected chi connectivity index (χ2v) is 7.63. The fourth-order valence-electron chi connectivity index (χ4n) is 1.87. The normalized spacial score (nSPS) is 11.4. The molecule has 22 heavy (non-hydrogen) atoms. The third-order valence-electron chi connectivity index (χ3n) is 3.25. The fraction of sp³-hybridized carbons (Fsp3) is 0.250. The number of ether oxygens (including phenoxy) is 1. The van der Waals surface area contributed by atoms with Crippen molar-refractivity contribution < 1.29 is 13.2 Å². The molecule has 0 saturated carbocycles. The fourth-order valence-corrected chi connectivity index (χ4v) is 3.34. The molecule has 0 unspecified atom stereocenters. The van der Waals surface area contributed by atoms with Gasteiger partial charge in [0.05, 0.1) is 4.90 Å². The van der Waals surface area contributed by atoms with E-state index in [1.165, 1.54) is 0 Å². The first-order chi connectivity index (χ1) is 10.4. The average Bonchev–Trinajstić information content (AvgIpc) is 2.46. The molecule has 0 atom stereocenters. The summed E-state index contributed by atoms with van der Waals surface area (Å²) in [5.74, 6) is 0.694. The van der Waals surface area contributed by atoms with E-state index in [1.54, 1.807) is 12.1 Å². The van der Waals surface area contributed by atoms with Gasteiger partial charge >= 0.3 is 0 Å². The number of hydrogen-bond donors (Lipinski definition) is 1. The Kier molecular flexibility index (Phi) is 5.61. The van der Waals surface area contributed by atoms with Gasteiger partial charge in [0.25, 0.3) is 0 Å².